The fourth-order valence-electron chi connectivity index (χ4n) is 1.81. The van der Waals surface area contributed by atoms with Gasteiger partial charge in [0, 0.05) is 7.05 Å². The van der Waals surface area contributed by atoms with Crippen LogP contribution in [-0.4, -0.2) is 20.9 Å². The summed E-state index contributed by atoms with van der Waals surface area (Å²) in [5.74, 6) is -1.57. The molecule has 0 aliphatic rings. The smallest absolute Gasteiger partial charge is 0.335 e. The fourth-order valence-corrected chi connectivity index (χ4v) is 1.81. The molecule has 0 aliphatic heterocycles. The molecule has 0 radical (unpaired) electrons. The molecule has 0 saturated heterocycles. The molecule has 1 heterocycles. The van der Waals surface area contributed by atoms with Crippen LogP contribution in [0.15, 0.2) is 18.2 Å². The largest absolute Gasteiger partial charge is 0.478 e. The van der Waals surface area contributed by atoms with E-state index in [1.165, 1.54) is 16.8 Å². The molecule has 0 unspecified atom stereocenters. The Morgan fingerprint density at radius 1 is 1.55 bits per heavy atom. The first kappa shape index (κ1) is 13.5. The number of benzene rings is 1. The van der Waals surface area contributed by atoms with Crippen molar-refractivity contribution in [2.45, 2.75) is 6.92 Å². The Hall–Kier alpha value is -2.88. The van der Waals surface area contributed by atoms with Crippen molar-refractivity contribution in [1.29, 1.82) is 5.26 Å². The van der Waals surface area contributed by atoms with Gasteiger partial charge in [-0.1, -0.05) is 0 Å². The maximum atomic E-state index is 13.8. The Bertz CT molecular complexity index is 731. The maximum absolute atomic E-state index is 13.8. The van der Waals surface area contributed by atoms with Gasteiger partial charge in [0.15, 0.2) is 0 Å². The molecule has 7 heteroatoms. The Kier molecular flexibility index (Phi) is 3.39. The van der Waals surface area contributed by atoms with E-state index in [9.17, 15) is 9.18 Å². The molecule has 0 bridgehead atoms. The predicted molar refractivity (Wildman–Crippen MR) is 69.3 cm³/mol. The van der Waals surface area contributed by atoms with Gasteiger partial charge < -0.3 is 10.4 Å². The third-order valence-corrected chi connectivity index (χ3v) is 2.80. The van der Waals surface area contributed by atoms with E-state index >= 15 is 0 Å². The Labute approximate surface area is 114 Å². The number of carbonyl (C=O) groups is 1. The lowest BCUT2D eigenvalue weighted by molar-refractivity contribution is 0.0696. The van der Waals surface area contributed by atoms with Crippen LogP contribution in [0.2, 0.25) is 0 Å². The minimum absolute atomic E-state index is 0.0782. The molecule has 2 rings (SSSR count). The molecule has 6 nitrogen and oxygen atoms in total. The van der Waals surface area contributed by atoms with E-state index in [-0.39, 0.29) is 11.3 Å². The number of nitrogens with zero attached hydrogens (tertiary/aromatic N) is 3. The highest BCUT2D eigenvalue weighted by molar-refractivity contribution is 5.88. The quantitative estimate of drug-likeness (QED) is 0.895. The molecule has 1 aromatic heterocycles. The molecule has 0 saturated carbocycles. The first-order chi connectivity index (χ1) is 9.43. The van der Waals surface area contributed by atoms with Crippen LogP contribution in [0.25, 0.3) is 0 Å². The fraction of sp³-hybridized carbons (Fsp3) is 0.154. The number of nitriles is 1. The number of hydrogen-bond donors (Lipinski definition) is 2. The van der Waals surface area contributed by atoms with Crippen LogP contribution in [0.5, 0.6) is 0 Å². The van der Waals surface area contributed by atoms with Gasteiger partial charge in [0.25, 0.3) is 0 Å². The molecule has 0 spiro atoms. The second kappa shape index (κ2) is 5.01. The van der Waals surface area contributed by atoms with Crippen LogP contribution in [-0.2, 0) is 7.05 Å². The van der Waals surface area contributed by atoms with Crippen molar-refractivity contribution < 1.29 is 14.3 Å². The highest BCUT2D eigenvalue weighted by atomic mass is 19.1. The number of nitrogens with one attached hydrogen (secondary N) is 1. The van der Waals surface area contributed by atoms with Crippen molar-refractivity contribution >= 4 is 17.5 Å². The number of rotatable bonds is 3. The lowest BCUT2D eigenvalue weighted by Crippen LogP contribution is -2.04. The summed E-state index contributed by atoms with van der Waals surface area (Å²) < 4.78 is 15.3. The number of aromatic nitrogens is 2. The van der Waals surface area contributed by atoms with E-state index in [0.717, 1.165) is 6.07 Å². The Morgan fingerprint density at radius 2 is 2.25 bits per heavy atom. The zero-order chi connectivity index (χ0) is 14.9. The third kappa shape index (κ3) is 2.31. The number of aromatic carboxylic acids is 1. The average molecular weight is 274 g/mol. The summed E-state index contributed by atoms with van der Waals surface area (Å²) in [4.78, 5) is 10.7. The van der Waals surface area contributed by atoms with Crippen molar-refractivity contribution in [3.8, 4) is 6.07 Å². The van der Waals surface area contributed by atoms with Gasteiger partial charge in [-0.2, -0.15) is 10.4 Å². The van der Waals surface area contributed by atoms with Crippen LogP contribution in [0.4, 0.5) is 15.9 Å². The van der Waals surface area contributed by atoms with Crippen molar-refractivity contribution in [3.63, 3.8) is 0 Å². The Balaban J connectivity index is 2.41. The van der Waals surface area contributed by atoms with Crippen LogP contribution >= 0.6 is 0 Å². The van der Waals surface area contributed by atoms with Gasteiger partial charge in [-0.25, -0.2) is 9.18 Å². The average Bonchev–Trinajstić information content (AvgIpc) is 2.65. The van der Waals surface area contributed by atoms with Crippen molar-refractivity contribution in [2.75, 3.05) is 5.32 Å². The zero-order valence-electron chi connectivity index (χ0n) is 10.8. The summed E-state index contributed by atoms with van der Waals surface area (Å²) >= 11 is 0. The minimum Gasteiger partial charge on any atom is -0.478 e. The van der Waals surface area contributed by atoms with Crippen LogP contribution in [0.1, 0.15) is 21.6 Å². The van der Waals surface area contributed by atoms with Crippen LogP contribution in [0, 0.1) is 24.1 Å². The molecule has 2 N–H and O–H groups in total. The summed E-state index contributed by atoms with van der Waals surface area (Å²) in [7, 11) is 1.62. The molecule has 0 fully saturated rings. The van der Waals surface area contributed by atoms with Gasteiger partial charge in [0.2, 0.25) is 0 Å². The van der Waals surface area contributed by atoms with Crippen molar-refractivity contribution in [1.82, 2.24) is 9.78 Å². The van der Waals surface area contributed by atoms with Crippen LogP contribution < -0.4 is 5.32 Å². The monoisotopic (exact) mass is 274 g/mol. The van der Waals surface area contributed by atoms with Crippen molar-refractivity contribution in [2.24, 2.45) is 7.05 Å². The van der Waals surface area contributed by atoms with Gasteiger partial charge >= 0.3 is 5.97 Å². The molecule has 2 aromatic rings. The highest BCUT2D eigenvalue weighted by Gasteiger charge is 2.15. The van der Waals surface area contributed by atoms with Gasteiger partial charge in [0.1, 0.15) is 23.3 Å². The zero-order valence-corrected chi connectivity index (χ0v) is 10.8. The summed E-state index contributed by atoms with van der Waals surface area (Å²) in [6.45, 7) is 1.67. The first-order valence-electron chi connectivity index (χ1n) is 5.67. The van der Waals surface area contributed by atoms with E-state index in [1.807, 2.05) is 6.07 Å². The van der Waals surface area contributed by atoms with Gasteiger partial charge in [-0.15, -0.1) is 0 Å². The lowest BCUT2D eigenvalue weighted by atomic mass is 10.2. The van der Waals surface area contributed by atoms with E-state index in [2.05, 4.69) is 10.4 Å². The highest BCUT2D eigenvalue weighted by Crippen LogP contribution is 2.24. The second-order valence-electron chi connectivity index (χ2n) is 4.17. The normalized spacial score (nSPS) is 10.1. The van der Waals surface area contributed by atoms with Gasteiger partial charge in [-0.05, 0) is 25.1 Å². The Morgan fingerprint density at radius 3 is 2.80 bits per heavy atom. The molecule has 102 valence electrons. The SMILES string of the molecule is Cc1nn(C)c(Nc2ccc(C(=O)O)cc2F)c1C#N. The number of carboxylic acids is 1. The van der Waals surface area contributed by atoms with Crippen LogP contribution in [0.3, 0.4) is 0 Å². The molecule has 1 aromatic carbocycles. The predicted octanol–water partition coefficient (Wildman–Crippen LogP) is 2.18. The topological polar surface area (TPSA) is 90.9 Å². The van der Waals surface area contributed by atoms with E-state index in [4.69, 9.17) is 10.4 Å². The first-order valence-corrected chi connectivity index (χ1v) is 5.67. The van der Waals surface area contributed by atoms with E-state index in [1.54, 1.807) is 14.0 Å². The van der Waals surface area contributed by atoms with E-state index < -0.39 is 11.8 Å². The summed E-state index contributed by atoms with van der Waals surface area (Å²) in [6.07, 6.45) is 0. The molecule has 0 aliphatic carbocycles. The number of carboxylic acid groups (broad SMARTS) is 1. The van der Waals surface area contributed by atoms with Gasteiger partial charge in [0.05, 0.1) is 16.9 Å². The second-order valence-corrected chi connectivity index (χ2v) is 4.17. The molecular weight excluding hydrogens is 263 g/mol. The summed E-state index contributed by atoms with van der Waals surface area (Å²) in [5.41, 5.74) is 0.776. The molecule has 0 amide bonds. The third-order valence-electron chi connectivity index (χ3n) is 2.80. The summed E-state index contributed by atoms with van der Waals surface area (Å²) in [5, 5.41) is 24.7. The maximum Gasteiger partial charge on any atom is 0.335 e. The molecule has 20 heavy (non-hydrogen) atoms. The molecular formula is C13H11FN4O2. The lowest BCUT2D eigenvalue weighted by Gasteiger charge is -2.08. The standard InChI is InChI=1S/C13H11FN4O2/c1-7-9(6-15)12(18(2)17-7)16-11-4-3-8(13(19)20)5-10(11)14/h3-5,16H,1-2H3,(H,19,20). The summed E-state index contributed by atoms with van der Waals surface area (Å²) in [6, 6.07) is 5.50. The van der Waals surface area contributed by atoms with Crippen molar-refractivity contribution in [3.05, 3.63) is 40.8 Å². The number of halogens is 1. The number of anilines is 2. The minimum atomic E-state index is -1.20. The van der Waals surface area contributed by atoms with E-state index in [0.29, 0.717) is 17.1 Å². The molecule has 0 atom stereocenters. The number of hydrogen-bond acceptors (Lipinski definition) is 4. The van der Waals surface area contributed by atoms with Gasteiger partial charge in [-0.3, -0.25) is 4.68 Å². The number of aryl methyl sites for hydroxylation is 2.